The molecule has 0 unspecified atom stereocenters. The molecule has 9 heavy (non-hydrogen) atoms. The van der Waals surface area contributed by atoms with Gasteiger partial charge < -0.3 is 9.66 Å². The number of carboxylic acid groups (broad SMARTS) is 1. The molecule has 0 rings (SSSR count). The Bertz CT molecular complexity index is 111. The summed E-state index contributed by atoms with van der Waals surface area (Å²) < 4.78 is 12.4. The minimum absolute atomic E-state index is 0.0561. The van der Waals surface area contributed by atoms with E-state index in [-0.39, 0.29) is 12.3 Å². The van der Waals surface area contributed by atoms with Crippen molar-refractivity contribution in [1.82, 2.24) is 0 Å². The Morgan fingerprint density at radius 1 is 1.67 bits per heavy atom. The normalized spacial score (nSPS) is 11.4. The number of rotatable bonds is 3. The number of carbonyl (C=O) groups is 1. The molecule has 0 aliphatic rings. The fourth-order valence-electron chi connectivity index (χ4n) is 0.129. The molecule has 0 saturated carbocycles. The van der Waals surface area contributed by atoms with E-state index in [1.165, 1.54) is 13.8 Å². The van der Waals surface area contributed by atoms with Gasteiger partial charge in [-0.2, -0.15) is 0 Å². The smallest absolute Gasteiger partial charge is 0.336 e. The van der Waals surface area contributed by atoms with Crippen LogP contribution in [0.25, 0.3) is 0 Å². The summed E-state index contributed by atoms with van der Waals surface area (Å²) in [6, 6.07) is 0. The largest absolute Gasteiger partial charge is 0.479 e. The summed E-state index contributed by atoms with van der Waals surface area (Å²) in [5.41, 5.74) is -1.32. The summed E-state index contributed by atoms with van der Waals surface area (Å²) in [5, 5.41) is 8.32. The van der Waals surface area contributed by atoms with E-state index in [0.717, 1.165) is 0 Å². The fourth-order valence-corrected chi connectivity index (χ4v) is 0.386. The van der Waals surface area contributed by atoms with Crippen molar-refractivity contribution in [2.24, 2.45) is 0 Å². The summed E-state index contributed by atoms with van der Waals surface area (Å²) in [6.45, 7) is 2.69. The van der Waals surface area contributed by atoms with Gasteiger partial charge in [0.15, 0.2) is 17.9 Å². The van der Waals surface area contributed by atoms with Crippen LogP contribution < -0.4 is 0 Å². The van der Waals surface area contributed by atoms with Crippen molar-refractivity contribution in [2.75, 3.05) is 0 Å². The van der Waals surface area contributed by atoms with Gasteiger partial charge in [0.2, 0.25) is 0 Å². The Hall–Kier alpha value is -0.260. The van der Waals surface area contributed by atoms with Crippen LogP contribution in [0.15, 0.2) is 0 Å². The molecule has 0 aromatic carbocycles. The lowest BCUT2D eigenvalue weighted by Gasteiger charge is -2.15. The molecular formula is C4H8O4S. The zero-order valence-electron chi connectivity index (χ0n) is 5.12. The van der Waals surface area contributed by atoms with E-state index < -0.39 is 11.6 Å². The molecule has 2 N–H and O–H groups in total. The zero-order valence-corrected chi connectivity index (χ0v) is 5.94. The van der Waals surface area contributed by atoms with Gasteiger partial charge in [0.25, 0.3) is 0 Å². The van der Waals surface area contributed by atoms with Crippen molar-refractivity contribution in [3.05, 3.63) is 0 Å². The van der Waals surface area contributed by atoms with Crippen molar-refractivity contribution in [2.45, 2.75) is 19.4 Å². The number of carboxylic acids is 1. The second-order valence-corrected chi connectivity index (χ2v) is 2.29. The second kappa shape index (κ2) is 3.05. The van der Waals surface area contributed by atoms with E-state index in [1.54, 1.807) is 0 Å². The molecule has 0 atom stereocenters. The third-order valence-corrected chi connectivity index (χ3v) is 1.25. The van der Waals surface area contributed by atoms with Crippen LogP contribution >= 0.6 is 12.3 Å². The van der Waals surface area contributed by atoms with Crippen LogP contribution in [0.4, 0.5) is 0 Å². The first-order chi connectivity index (χ1) is 4.00. The van der Waals surface area contributed by atoms with E-state index >= 15 is 0 Å². The van der Waals surface area contributed by atoms with E-state index in [1.807, 2.05) is 0 Å². The molecule has 0 aliphatic heterocycles. The predicted octanol–water partition coefficient (Wildman–Crippen LogP) is 0.987. The van der Waals surface area contributed by atoms with Gasteiger partial charge in [-0.1, -0.05) is 0 Å². The molecule has 0 radical (unpaired) electrons. The van der Waals surface area contributed by atoms with Gasteiger partial charge in [-0.3, -0.25) is 4.18 Å². The molecule has 0 aliphatic carbocycles. The Morgan fingerprint density at radius 2 is 2.11 bits per heavy atom. The molecule has 5 heteroatoms. The molecule has 0 amide bonds. The third-order valence-electron chi connectivity index (χ3n) is 0.761. The molecule has 0 saturated heterocycles. The molecule has 0 heterocycles. The highest BCUT2D eigenvalue weighted by Gasteiger charge is 2.28. The van der Waals surface area contributed by atoms with Gasteiger partial charge in [0, 0.05) is 0 Å². The predicted molar refractivity (Wildman–Crippen MR) is 33.0 cm³/mol. The minimum atomic E-state index is -1.32. The Morgan fingerprint density at radius 3 is 2.22 bits per heavy atom. The van der Waals surface area contributed by atoms with E-state index in [9.17, 15) is 4.79 Å². The first-order valence-electron chi connectivity index (χ1n) is 2.23. The topological polar surface area (TPSA) is 66.8 Å². The number of hydrogen-bond donors (Lipinski definition) is 2. The van der Waals surface area contributed by atoms with E-state index in [2.05, 4.69) is 4.18 Å². The van der Waals surface area contributed by atoms with Gasteiger partial charge in [0.05, 0.1) is 0 Å². The highest BCUT2D eigenvalue weighted by atomic mass is 32.2. The fraction of sp³-hybridized carbons (Fsp3) is 0.750. The van der Waals surface area contributed by atoms with Crippen molar-refractivity contribution in [3.8, 4) is 0 Å². The van der Waals surface area contributed by atoms with Crippen LogP contribution in [0, 0.1) is 0 Å². The van der Waals surface area contributed by atoms with Crippen LogP contribution in [-0.2, 0) is 8.98 Å². The molecule has 4 nitrogen and oxygen atoms in total. The van der Waals surface area contributed by atoms with E-state index in [4.69, 9.17) is 9.66 Å². The summed E-state index contributed by atoms with van der Waals surface area (Å²) in [7, 11) is 0. The van der Waals surface area contributed by atoms with Crippen molar-refractivity contribution in [1.29, 1.82) is 0 Å². The van der Waals surface area contributed by atoms with Crippen molar-refractivity contribution < 1.29 is 18.6 Å². The van der Waals surface area contributed by atoms with Gasteiger partial charge >= 0.3 is 5.97 Å². The lowest BCUT2D eigenvalue weighted by atomic mass is 10.1. The first kappa shape index (κ1) is 8.74. The molecular weight excluding hydrogens is 144 g/mol. The monoisotopic (exact) mass is 152 g/mol. The number of aliphatic carboxylic acids is 1. The summed E-state index contributed by atoms with van der Waals surface area (Å²) in [4.78, 5) is 10.2. The zero-order chi connectivity index (χ0) is 7.49. The standard InChI is InChI=1S/C4H8O4S/c1-4(2,3(5)6)8-9-7/h7H,1-2H3,(H,5,6). The quantitative estimate of drug-likeness (QED) is 0.590. The van der Waals surface area contributed by atoms with E-state index in [0.29, 0.717) is 0 Å². The lowest BCUT2D eigenvalue weighted by Crippen LogP contribution is -2.32. The summed E-state index contributed by atoms with van der Waals surface area (Å²) >= 11 is 0.0561. The highest BCUT2D eigenvalue weighted by Crippen LogP contribution is 2.14. The van der Waals surface area contributed by atoms with Gasteiger partial charge in [-0.15, -0.1) is 0 Å². The Kier molecular flexibility index (Phi) is 2.96. The minimum Gasteiger partial charge on any atom is -0.479 e. The van der Waals surface area contributed by atoms with Gasteiger partial charge in [0.1, 0.15) is 0 Å². The summed E-state index contributed by atoms with van der Waals surface area (Å²) in [5.74, 6) is -1.11. The van der Waals surface area contributed by atoms with Crippen LogP contribution in [-0.4, -0.2) is 21.2 Å². The van der Waals surface area contributed by atoms with Crippen molar-refractivity contribution in [3.63, 3.8) is 0 Å². The Balaban J connectivity index is 3.85. The second-order valence-electron chi connectivity index (χ2n) is 1.97. The third kappa shape index (κ3) is 2.69. The van der Waals surface area contributed by atoms with Crippen LogP contribution in [0.2, 0.25) is 0 Å². The first-order valence-corrected chi connectivity index (χ1v) is 2.93. The van der Waals surface area contributed by atoms with Crippen LogP contribution in [0.5, 0.6) is 0 Å². The highest BCUT2D eigenvalue weighted by molar-refractivity contribution is 7.88. The molecule has 0 fully saturated rings. The van der Waals surface area contributed by atoms with Gasteiger partial charge in [-0.05, 0) is 13.8 Å². The van der Waals surface area contributed by atoms with Crippen molar-refractivity contribution >= 4 is 18.3 Å². The average Bonchev–Trinajstić information content (AvgIpc) is 1.65. The molecule has 54 valence electrons. The molecule has 0 aromatic rings. The van der Waals surface area contributed by atoms with Crippen LogP contribution in [0.1, 0.15) is 13.8 Å². The molecule has 0 aromatic heterocycles. The maximum atomic E-state index is 10.2. The molecule has 0 spiro atoms. The maximum Gasteiger partial charge on any atom is 0.336 e. The average molecular weight is 152 g/mol. The molecule has 0 bridgehead atoms. The Labute approximate surface area is 57.2 Å². The van der Waals surface area contributed by atoms with Crippen LogP contribution in [0.3, 0.4) is 0 Å². The number of hydrogen-bond acceptors (Lipinski definition) is 4. The van der Waals surface area contributed by atoms with Gasteiger partial charge in [-0.25, -0.2) is 4.79 Å². The SMILES string of the molecule is CC(C)(OSO)C(=O)O. The lowest BCUT2D eigenvalue weighted by molar-refractivity contribution is -0.151. The maximum absolute atomic E-state index is 10.2. The summed E-state index contributed by atoms with van der Waals surface area (Å²) in [6.07, 6.45) is 0.